The highest BCUT2D eigenvalue weighted by Crippen LogP contribution is 2.62. The normalized spacial score (nSPS) is 32.1. The molecular weight excluding hydrogens is 286 g/mol. The number of nitriles is 1. The first-order valence-electron chi connectivity index (χ1n) is 7.19. The molecule has 0 bridgehead atoms. The topological polar surface area (TPSA) is 33.0 Å². The average molecular weight is 305 g/mol. The summed E-state index contributed by atoms with van der Waals surface area (Å²) in [6.45, 7) is 2.15. The second-order valence-electron chi connectivity index (χ2n) is 5.31. The molecule has 20 heavy (non-hydrogen) atoms. The SMILES string of the molecule is CC[C@@H]1CC2(SCCCS2)[C@@](C#N)(c2ccccc2)O1. The molecule has 3 rings (SSSR count). The van der Waals surface area contributed by atoms with E-state index in [2.05, 4.69) is 13.0 Å². The van der Waals surface area contributed by atoms with Gasteiger partial charge in [0.1, 0.15) is 10.1 Å². The van der Waals surface area contributed by atoms with Crippen molar-refractivity contribution in [1.82, 2.24) is 0 Å². The summed E-state index contributed by atoms with van der Waals surface area (Å²) in [5.74, 6) is 2.26. The molecule has 0 N–H and O–H groups in total. The van der Waals surface area contributed by atoms with Crippen molar-refractivity contribution < 1.29 is 4.74 Å². The minimum Gasteiger partial charge on any atom is -0.350 e. The van der Waals surface area contributed by atoms with E-state index in [4.69, 9.17) is 4.74 Å². The minimum absolute atomic E-state index is 0.137. The largest absolute Gasteiger partial charge is 0.350 e. The highest BCUT2D eigenvalue weighted by atomic mass is 32.2. The van der Waals surface area contributed by atoms with Crippen molar-refractivity contribution in [3.8, 4) is 6.07 Å². The van der Waals surface area contributed by atoms with Gasteiger partial charge in [-0.15, -0.1) is 23.5 Å². The maximum absolute atomic E-state index is 10.00. The molecule has 1 aromatic rings. The van der Waals surface area contributed by atoms with Crippen molar-refractivity contribution >= 4 is 23.5 Å². The van der Waals surface area contributed by atoms with Crippen LogP contribution in [-0.4, -0.2) is 21.7 Å². The molecule has 0 unspecified atom stereocenters. The Morgan fingerprint density at radius 2 is 2.00 bits per heavy atom. The molecule has 2 heterocycles. The number of hydrogen-bond donors (Lipinski definition) is 0. The predicted octanol–water partition coefficient (Wildman–Crippen LogP) is 4.17. The van der Waals surface area contributed by atoms with Crippen LogP contribution in [0.5, 0.6) is 0 Å². The van der Waals surface area contributed by atoms with E-state index in [0.717, 1.165) is 29.9 Å². The molecule has 1 spiro atoms. The lowest BCUT2D eigenvalue weighted by molar-refractivity contribution is -0.00795. The van der Waals surface area contributed by atoms with Gasteiger partial charge in [0.15, 0.2) is 0 Å². The van der Waals surface area contributed by atoms with E-state index in [1.165, 1.54) is 6.42 Å². The van der Waals surface area contributed by atoms with Gasteiger partial charge in [0.2, 0.25) is 5.60 Å². The minimum atomic E-state index is -0.801. The molecule has 2 fully saturated rings. The van der Waals surface area contributed by atoms with Gasteiger partial charge in [-0.3, -0.25) is 0 Å². The molecule has 2 nitrogen and oxygen atoms in total. The molecule has 0 radical (unpaired) electrons. The molecule has 2 atom stereocenters. The van der Waals surface area contributed by atoms with Gasteiger partial charge < -0.3 is 4.74 Å². The Labute approximate surface area is 129 Å². The van der Waals surface area contributed by atoms with E-state index >= 15 is 0 Å². The Morgan fingerprint density at radius 3 is 2.60 bits per heavy atom. The van der Waals surface area contributed by atoms with Crippen LogP contribution in [0, 0.1) is 11.3 Å². The number of hydrogen-bond acceptors (Lipinski definition) is 4. The molecule has 106 valence electrons. The van der Waals surface area contributed by atoms with Gasteiger partial charge >= 0.3 is 0 Å². The van der Waals surface area contributed by atoms with Gasteiger partial charge in [-0.25, -0.2) is 0 Å². The zero-order valence-electron chi connectivity index (χ0n) is 11.7. The van der Waals surface area contributed by atoms with Crippen molar-refractivity contribution in [1.29, 1.82) is 5.26 Å². The summed E-state index contributed by atoms with van der Waals surface area (Å²) in [4.78, 5) is 0. The Balaban J connectivity index is 2.09. The smallest absolute Gasteiger partial charge is 0.203 e. The molecule has 0 aliphatic carbocycles. The molecule has 2 aliphatic rings. The van der Waals surface area contributed by atoms with E-state index in [9.17, 15) is 5.26 Å². The van der Waals surface area contributed by atoms with Crippen LogP contribution in [0.4, 0.5) is 0 Å². The summed E-state index contributed by atoms with van der Waals surface area (Å²) < 4.78 is 6.19. The quantitative estimate of drug-likeness (QED) is 0.821. The number of rotatable bonds is 2. The van der Waals surface area contributed by atoms with Crippen molar-refractivity contribution in [2.75, 3.05) is 11.5 Å². The first-order valence-corrected chi connectivity index (χ1v) is 9.16. The van der Waals surface area contributed by atoms with Crippen molar-refractivity contribution in [2.45, 2.75) is 42.0 Å². The van der Waals surface area contributed by atoms with Gasteiger partial charge in [0.05, 0.1) is 6.10 Å². The highest BCUT2D eigenvalue weighted by molar-refractivity contribution is 8.18. The fraction of sp³-hybridized carbons (Fsp3) is 0.562. The van der Waals surface area contributed by atoms with E-state index in [-0.39, 0.29) is 10.2 Å². The predicted molar refractivity (Wildman–Crippen MR) is 85.8 cm³/mol. The van der Waals surface area contributed by atoms with Crippen molar-refractivity contribution in [3.05, 3.63) is 35.9 Å². The van der Waals surface area contributed by atoms with E-state index in [1.807, 2.05) is 53.9 Å². The molecule has 0 aromatic heterocycles. The molecule has 0 saturated carbocycles. The second-order valence-corrected chi connectivity index (χ2v) is 8.36. The van der Waals surface area contributed by atoms with E-state index in [1.54, 1.807) is 0 Å². The molecule has 1 aromatic carbocycles. The summed E-state index contributed by atoms with van der Waals surface area (Å²) in [5.41, 5.74) is 0.213. The first-order chi connectivity index (χ1) is 9.76. The third kappa shape index (κ3) is 2.07. The van der Waals surface area contributed by atoms with Crippen LogP contribution < -0.4 is 0 Å². The molecule has 2 aliphatic heterocycles. The lowest BCUT2D eigenvalue weighted by Crippen LogP contribution is -2.44. The van der Waals surface area contributed by atoms with Crippen molar-refractivity contribution in [3.63, 3.8) is 0 Å². The zero-order valence-corrected chi connectivity index (χ0v) is 13.3. The molecule has 4 heteroatoms. The maximum atomic E-state index is 10.00. The van der Waals surface area contributed by atoms with Crippen LogP contribution in [0.1, 0.15) is 31.7 Å². The summed E-state index contributed by atoms with van der Waals surface area (Å²) >= 11 is 3.87. The number of ether oxygens (including phenoxy) is 1. The maximum Gasteiger partial charge on any atom is 0.203 e. The Hall–Kier alpha value is -0.630. The third-order valence-corrected chi connectivity index (χ3v) is 7.66. The first kappa shape index (κ1) is 14.3. The van der Waals surface area contributed by atoms with Gasteiger partial charge in [0.25, 0.3) is 0 Å². The van der Waals surface area contributed by atoms with Gasteiger partial charge in [-0.2, -0.15) is 5.26 Å². The van der Waals surface area contributed by atoms with E-state index < -0.39 is 5.60 Å². The zero-order chi connectivity index (χ0) is 14.1. The Bertz CT molecular complexity index is 507. The van der Waals surface area contributed by atoms with E-state index in [0.29, 0.717) is 0 Å². The Kier molecular flexibility index (Phi) is 4.03. The van der Waals surface area contributed by atoms with Gasteiger partial charge in [0, 0.05) is 12.0 Å². The monoisotopic (exact) mass is 305 g/mol. The Morgan fingerprint density at radius 1 is 1.30 bits per heavy atom. The number of thioether (sulfide) groups is 2. The summed E-state index contributed by atoms with van der Waals surface area (Å²) in [6, 6.07) is 12.6. The van der Waals surface area contributed by atoms with Crippen LogP contribution in [0.25, 0.3) is 0 Å². The summed E-state index contributed by atoms with van der Waals surface area (Å²) in [6.07, 6.45) is 3.36. The van der Waals surface area contributed by atoms with Crippen LogP contribution in [0.3, 0.4) is 0 Å². The van der Waals surface area contributed by atoms with Crippen LogP contribution in [-0.2, 0) is 10.3 Å². The highest BCUT2D eigenvalue weighted by Gasteiger charge is 2.62. The van der Waals surface area contributed by atoms with Crippen molar-refractivity contribution in [2.24, 2.45) is 0 Å². The fourth-order valence-electron chi connectivity index (χ4n) is 3.09. The lowest BCUT2D eigenvalue weighted by Gasteiger charge is -2.41. The molecular formula is C16H19NOS2. The number of nitrogens with zero attached hydrogens (tertiary/aromatic N) is 1. The molecule has 2 saturated heterocycles. The van der Waals surface area contributed by atoms with Gasteiger partial charge in [-0.05, 0) is 24.3 Å². The van der Waals surface area contributed by atoms with Crippen LogP contribution >= 0.6 is 23.5 Å². The standard InChI is InChI=1S/C16H19NOS2/c1-2-14-11-16(19-9-6-10-20-16)15(12-17,18-14)13-7-4-3-5-8-13/h3-5,7-8,14H,2,6,9-11H2,1H3/t14-,15-/m1/s1. The van der Waals surface area contributed by atoms with Crippen LogP contribution in [0.15, 0.2) is 30.3 Å². The average Bonchev–Trinajstić information content (AvgIpc) is 2.83. The second kappa shape index (κ2) is 5.63. The lowest BCUT2D eigenvalue weighted by atomic mass is 9.91. The number of benzene rings is 1. The van der Waals surface area contributed by atoms with Gasteiger partial charge in [-0.1, -0.05) is 37.3 Å². The molecule has 0 amide bonds. The third-order valence-electron chi connectivity index (χ3n) is 4.13. The summed E-state index contributed by atoms with van der Waals surface area (Å²) in [5, 5.41) is 10.00. The van der Waals surface area contributed by atoms with Crippen LogP contribution in [0.2, 0.25) is 0 Å². The fourth-order valence-corrected chi connectivity index (χ4v) is 6.78. The summed E-state index contributed by atoms with van der Waals surface area (Å²) in [7, 11) is 0.